The third kappa shape index (κ3) is 2.65. The van der Waals surface area contributed by atoms with Gasteiger partial charge in [-0.3, -0.25) is 4.79 Å². The molecule has 0 spiro atoms. The third-order valence-electron chi connectivity index (χ3n) is 2.55. The van der Waals surface area contributed by atoms with E-state index in [-0.39, 0.29) is 12.1 Å². The minimum atomic E-state index is -2.82. The number of anilines is 1. The minimum Gasteiger partial charge on any atom is -0.385 e. The Hall–Kier alpha value is -1.95. The second-order valence-corrected chi connectivity index (χ2v) is 3.88. The summed E-state index contributed by atoms with van der Waals surface area (Å²) < 4.78 is 24.2. The van der Waals surface area contributed by atoms with Gasteiger partial charge in [0.2, 0.25) is 0 Å². The molecule has 4 nitrogen and oxygen atoms in total. The van der Waals surface area contributed by atoms with Crippen molar-refractivity contribution < 1.29 is 13.9 Å². The van der Waals surface area contributed by atoms with E-state index in [0.29, 0.717) is 16.6 Å². The lowest BCUT2D eigenvalue weighted by molar-refractivity contribution is 0.00381. The van der Waals surface area contributed by atoms with Gasteiger partial charge in [0.25, 0.3) is 12.0 Å². The van der Waals surface area contributed by atoms with Gasteiger partial charge in [-0.25, -0.2) is 8.78 Å². The average Bonchev–Trinajstić information content (AvgIpc) is 2.36. The zero-order valence-corrected chi connectivity index (χ0v) is 9.36. The van der Waals surface area contributed by atoms with E-state index in [4.69, 9.17) is 5.11 Å². The van der Waals surface area contributed by atoms with Crippen LogP contribution in [-0.4, -0.2) is 29.2 Å². The topological polar surface area (TPSA) is 65.1 Å². The predicted octanol–water partition coefficient (Wildman–Crippen LogP) is 1.57. The Kier molecular flexibility index (Phi) is 3.57. The van der Waals surface area contributed by atoms with Gasteiger partial charge in [-0.15, -0.1) is 0 Å². The summed E-state index contributed by atoms with van der Waals surface area (Å²) in [6, 6.07) is 8.57. The first-order valence-electron chi connectivity index (χ1n) is 5.40. The van der Waals surface area contributed by atoms with Crippen molar-refractivity contribution in [1.82, 2.24) is 4.98 Å². The Morgan fingerprint density at radius 3 is 2.78 bits per heavy atom. The normalized spacial score (nSPS) is 12.9. The lowest BCUT2D eigenvalue weighted by Gasteiger charge is -2.11. The molecule has 1 atom stereocenters. The van der Waals surface area contributed by atoms with Crippen molar-refractivity contribution in [3.8, 4) is 0 Å². The first kappa shape index (κ1) is 12.5. The molecular formula is C12H12F2N2O2. The number of rotatable bonds is 4. The van der Waals surface area contributed by atoms with E-state index in [0.717, 1.165) is 0 Å². The van der Waals surface area contributed by atoms with Gasteiger partial charge >= 0.3 is 0 Å². The van der Waals surface area contributed by atoms with Crippen molar-refractivity contribution in [2.75, 3.05) is 11.9 Å². The summed E-state index contributed by atoms with van der Waals surface area (Å²) in [5, 5.41) is 12.8. The van der Waals surface area contributed by atoms with Crippen LogP contribution in [0.25, 0.3) is 10.8 Å². The average molecular weight is 254 g/mol. The summed E-state index contributed by atoms with van der Waals surface area (Å²) in [4.78, 5) is 14.2. The van der Waals surface area contributed by atoms with Crippen molar-refractivity contribution in [3.05, 3.63) is 40.7 Å². The second-order valence-electron chi connectivity index (χ2n) is 3.88. The van der Waals surface area contributed by atoms with Gasteiger partial charge in [-0.05, 0) is 17.5 Å². The number of aromatic nitrogens is 1. The van der Waals surface area contributed by atoms with Gasteiger partial charge in [0, 0.05) is 11.9 Å². The van der Waals surface area contributed by atoms with Gasteiger partial charge in [0.15, 0.2) is 0 Å². The van der Waals surface area contributed by atoms with Crippen molar-refractivity contribution in [2.45, 2.75) is 12.5 Å². The molecule has 1 aromatic heterocycles. The molecule has 96 valence electrons. The molecule has 0 saturated carbocycles. The summed E-state index contributed by atoms with van der Waals surface area (Å²) in [5.74, 6) is 0.304. The molecule has 1 aromatic carbocycles. The molecule has 0 aliphatic carbocycles. The molecule has 6 heteroatoms. The Morgan fingerprint density at radius 1 is 1.33 bits per heavy atom. The summed E-state index contributed by atoms with van der Waals surface area (Å²) in [6.45, 7) is -0.327. The molecule has 1 unspecified atom stereocenters. The molecule has 0 radical (unpaired) electrons. The van der Waals surface area contributed by atoms with E-state index >= 15 is 0 Å². The van der Waals surface area contributed by atoms with Crippen LogP contribution in [0, 0.1) is 0 Å². The number of aromatic amines is 1. The van der Waals surface area contributed by atoms with Gasteiger partial charge in [0.1, 0.15) is 11.9 Å². The number of halogens is 2. The largest absolute Gasteiger partial charge is 0.385 e. The monoisotopic (exact) mass is 254 g/mol. The number of nitrogens with one attached hydrogen (secondary N) is 2. The smallest absolute Gasteiger partial charge is 0.265 e. The number of aliphatic hydroxyl groups excluding tert-OH is 1. The number of aliphatic hydroxyl groups is 1. The van der Waals surface area contributed by atoms with E-state index in [1.807, 2.05) is 0 Å². The van der Waals surface area contributed by atoms with Crippen LogP contribution in [-0.2, 0) is 0 Å². The molecule has 0 fully saturated rings. The van der Waals surface area contributed by atoms with E-state index < -0.39 is 12.5 Å². The Balaban J connectivity index is 2.22. The molecular weight excluding hydrogens is 242 g/mol. The van der Waals surface area contributed by atoms with Gasteiger partial charge in [0.05, 0.1) is 0 Å². The van der Waals surface area contributed by atoms with Crippen LogP contribution in [0.4, 0.5) is 14.6 Å². The summed E-state index contributed by atoms with van der Waals surface area (Å²) in [6.07, 6.45) is -4.58. The molecule has 0 saturated heterocycles. The number of alkyl halides is 2. The Labute approximate surface area is 101 Å². The maximum Gasteiger partial charge on any atom is 0.265 e. The number of benzene rings is 1. The van der Waals surface area contributed by atoms with E-state index in [9.17, 15) is 13.6 Å². The summed E-state index contributed by atoms with van der Waals surface area (Å²) in [5.41, 5.74) is -0.304. The number of fused-ring (bicyclic) bond motifs is 1. The molecule has 1 heterocycles. The second kappa shape index (κ2) is 5.14. The van der Waals surface area contributed by atoms with Crippen molar-refractivity contribution in [1.29, 1.82) is 0 Å². The maximum absolute atomic E-state index is 12.1. The van der Waals surface area contributed by atoms with E-state index in [1.54, 1.807) is 30.3 Å². The predicted molar refractivity (Wildman–Crippen MR) is 65.1 cm³/mol. The first-order chi connectivity index (χ1) is 8.58. The highest BCUT2D eigenvalue weighted by Gasteiger charge is 2.16. The molecule has 2 rings (SSSR count). The highest BCUT2D eigenvalue weighted by atomic mass is 19.3. The van der Waals surface area contributed by atoms with Crippen molar-refractivity contribution in [3.63, 3.8) is 0 Å². The van der Waals surface area contributed by atoms with Gasteiger partial charge in [-0.1, -0.05) is 18.2 Å². The van der Waals surface area contributed by atoms with Crippen LogP contribution >= 0.6 is 0 Å². The SMILES string of the molecule is O=c1[nH]c(NCC(O)C(F)F)cc2ccccc12. The third-order valence-corrected chi connectivity index (χ3v) is 2.55. The Morgan fingerprint density at radius 2 is 2.06 bits per heavy atom. The minimum absolute atomic E-state index is 0.304. The molecule has 0 bridgehead atoms. The summed E-state index contributed by atoms with van der Waals surface area (Å²) in [7, 11) is 0. The standard InChI is InChI=1S/C12H12F2N2O2/c13-11(14)9(17)6-15-10-5-7-3-1-2-4-8(7)12(18)16-10/h1-5,9,11,17H,6H2,(H2,15,16,18). The highest BCUT2D eigenvalue weighted by molar-refractivity contribution is 5.83. The van der Waals surface area contributed by atoms with Gasteiger partial charge < -0.3 is 15.4 Å². The molecule has 0 amide bonds. The number of H-pyrrole nitrogens is 1. The Bertz CT molecular complexity index is 598. The highest BCUT2D eigenvalue weighted by Crippen LogP contribution is 2.13. The molecule has 18 heavy (non-hydrogen) atoms. The zero-order valence-electron chi connectivity index (χ0n) is 9.36. The van der Waals surface area contributed by atoms with Crippen LogP contribution in [0.5, 0.6) is 0 Å². The number of hydrogen-bond acceptors (Lipinski definition) is 3. The van der Waals surface area contributed by atoms with Crippen molar-refractivity contribution >= 4 is 16.6 Å². The maximum atomic E-state index is 12.1. The molecule has 0 aliphatic heterocycles. The van der Waals surface area contributed by atoms with Crippen LogP contribution in [0.1, 0.15) is 0 Å². The number of hydrogen-bond donors (Lipinski definition) is 3. The lowest BCUT2D eigenvalue weighted by Crippen LogP contribution is -2.27. The number of pyridine rings is 1. The fraction of sp³-hybridized carbons (Fsp3) is 0.250. The molecule has 0 aliphatic rings. The van der Waals surface area contributed by atoms with Crippen LogP contribution in [0.15, 0.2) is 35.1 Å². The molecule has 3 N–H and O–H groups in total. The first-order valence-corrected chi connectivity index (χ1v) is 5.40. The van der Waals surface area contributed by atoms with Crippen molar-refractivity contribution in [2.24, 2.45) is 0 Å². The fourth-order valence-corrected chi connectivity index (χ4v) is 1.61. The van der Waals surface area contributed by atoms with E-state index in [1.165, 1.54) is 0 Å². The van der Waals surface area contributed by atoms with Crippen LogP contribution in [0.2, 0.25) is 0 Å². The zero-order chi connectivity index (χ0) is 13.1. The fourth-order valence-electron chi connectivity index (χ4n) is 1.61. The van der Waals surface area contributed by atoms with Crippen LogP contribution in [0.3, 0.4) is 0 Å². The quantitative estimate of drug-likeness (QED) is 0.776. The molecule has 2 aromatic rings. The van der Waals surface area contributed by atoms with Gasteiger partial charge in [-0.2, -0.15) is 0 Å². The lowest BCUT2D eigenvalue weighted by atomic mass is 10.2. The summed E-state index contributed by atoms with van der Waals surface area (Å²) >= 11 is 0. The van der Waals surface area contributed by atoms with Crippen LogP contribution < -0.4 is 10.9 Å². The van der Waals surface area contributed by atoms with E-state index in [2.05, 4.69) is 10.3 Å².